The highest BCUT2D eigenvalue weighted by Gasteiger charge is 2.08. The molecule has 0 aliphatic heterocycles. The summed E-state index contributed by atoms with van der Waals surface area (Å²) in [6.07, 6.45) is 1.64. The van der Waals surface area contributed by atoms with Crippen LogP contribution in [0.3, 0.4) is 0 Å². The zero-order chi connectivity index (χ0) is 14.7. The van der Waals surface area contributed by atoms with Gasteiger partial charge in [-0.15, -0.1) is 0 Å². The Morgan fingerprint density at radius 2 is 2.15 bits per heavy atom. The number of aromatic nitrogens is 3. The maximum Gasteiger partial charge on any atom is 0.269 e. The first kappa shape index (κ1) is 14.3. The lowest BCUT2D eigenvalue weighted by Gasteiger charge is -2.12. The van der Waals surface area contributed by atoms with E-state index in [9.17, 15) is 4.79 Å². The fraction of sp³-hybridized carbons (Fsp3) is 0.308. The lowest BCUT2D eigenvalue weighted by Crippen LogP contribution is -2.25. The Balaban J connectivity index is 2.33. The summed E-state index contributed by atoms with van der Waals surface area (Å²) in [5.74, 6) is 0.697. The summed E-state index contributed by atoms with van der Waals surface area (Å²) in [7, 11) is 5.49. The van der Waals surface area contributed by atoms with Gasteiger partial charge in [0.25, 0.3) is 5.56 Å². The highest BCUT2D eigenvalue weighted by Crippen LogP contribution is 2.17. The Hall–Kier alpha value is -2.08. The molecular weight excluding hydrogens is 278 g/mol. The maximum atomic E-state index is 12.0. The highest BCUT2D eigenvalue weighted by molar-refractivity contribution is 6.31. The Labute approximate surface area is 122 Å². The second-order valence-corrected chi connectivity index (χ2v) is 4.89. The van der Waals surface area contributed by atoms with Crippen LogP contribution in [0.25, 0.3) is 0 Å². The number of nitrogens with zero attached hydrogens (tertiary/aromatic N) is 4. The second kappa shape index (κ2) is 5.92. The summed E-state index contributed by atoms with van der Waals surface area (Å²) in [5, 5.41) is 7.58. The minimum atomic E-state index is -0.191. The normalized spacial score (nSPS) is 10.4. The molecule has 0 unspecified atom stereocenters. The molecule has 2 rings (SSSR count). The molecule has 1 N–H and O–H groups in total. The molecule has 0 fully saturated rings. The molecule has 20 heavy (non-hydrogen) atoms. The van der Waals surface area contributed by atoms with Crippen molar-refractivity contribution in [1.29, 1.82) is 0 Å². The van der Waals surface area contributed by atoms with Crippen LogP contribution in [0, 0.1) is 0 Å². The van der Waals surface area contributed by atoms with E-state index in [1.165, 1.54) is 10.7 Å². The molecule has 2 heterocycles. The van der Waals surface area contributed by atoms with Crippen LogP contribution in [0.15, 0.2) is 29.2 Å². The lowest BCUT2D eigenvalue weighted by atomic mass is 10.3. The molecule has 106 valence electrons. The van der Waals surface area contributed by atoms with Crippen molar-refractivity contribution in [1.82, 2.24) is 14.8 Å². The fourth-order valence-electron chi connectivity index (χ4n) is 1.66. The van der Waals surface area contributed by atoms with Crippen LogP contribution in [-0.2, 0) is 6.54 Å². The summed E-state index contributed by atoms with van der Waals surface area (Å²) in [6, 6.07) is 5.05. The van der Waals surface area contributed by atoms with Crippen LogP contribution in [-0.4, -0.2) is 35.9 Å². The maximum absolute atomic E-state index is 12.0. The summed E-state index contributed by atoms with van der Waals surface area (Å²) in [5.41, 5.74) is 1.17. The number of rotatable bonds is 4. The van der Waals surface area contributed by atoms with E-state index in [-0.39, 0.29) is 12.1 Å². The van der Waals surface area contributed by atoms with Crippen molar-refractivity contribution >= 4 is 23.1 Å². The number of anilines is 2. The van der Waals surface area contributed by atoms with Crippen molar-refractivity contribution in [3.8, 4) is 0 Å². The molecule has 0 bridgehead atoms. The molecular formula is C13H16ClN5O. The largest absolute Gasteiger partial charge is 0.376 e. The molecule has 2 aromatic rings. The molecule has 6 nitrogen and oxygen atoms in total. The summed E-state index contributed by atoms with van der Waals surface area (Å²) < 4.78 is 1.33. The SMILES string of the molecule is CNc1ccc(Cl)c(Cn2ncc(N(C)C)cc2=O)n1. The van der Waals surface area contributed by atoms with E-state index in [0.717, 1.165) is 5.69 Å². The number of nitrogens with one attached hydrogen (secondary N) is 1. The van der Waals surface area contributed by atoms with Crippen molar-refractivity contribution in [3.05, 3.63) is 45.5 Å². The predicted molar refractivity (Wildman–Crippen MR) is 80.7 cm³/mol. The van der Waals surface area contributed by atoms with Gasteiger partial charge in [-0.05, 0) is 12.1 Å². The van der Waals surface area contributed by atoms with Crippen LogP contribution in [0.2, 0.25) is 5.02 Å². The monoisotopic (exact) mass is 293 g/mol. The minimum Gasteiger partial charge on any atom is -0.376 e. The van der Waals surface area contributed by atoms with Crippen LogP contribution in [0.5, 0.6) is 0 Å². The third kappa shape index (κ3) is 3.08. The minimum absolute atomic E-state index is 0.191. The third-order valence-electron chi connectivity index (χ3n) is 2.85. The van der Waals surface area contributed by atoms with E-state index >= 15 is 0 Å². The predicted octanol–water partition coefficient (Wildman–Crippen LogP) is 1.45. The molecule has 0 aliphatic rings. The Morgan fingerprint density at radius 3 is 2.75 bits per heavy atom. The molecule has 0 aliphatic carbocycles. The van der Waals surface area contributed by atoms with Gasteiger partial charge in [0.1, 0.15) is 5.82 Å². The molecule has 0 saturated carbocycles. The molecule has 0 spiro atoms. The lowest BCUT2D eigenvalue weighted by molar-refractivity contribution is 0.628. The average Bonchev–Trinajstić information content (AvgIpc) is 2.43. The Morgan fingerprint density at radius 1 is 1.40 bits per heavy atom. The summed E-state index contributed by atoms with van der Waals surface area (Å²) >= 11 is 6.10. The number of halogens is 1. The van der Waals surface area contributed by atoms with Gasteiger partial charge in [0.2, 0.25) is 0 Å². The molecule has 0 aromatic carbocycles. The average molecular weight is 294 g/mol. The van der Waals surface area contributed by atoms with Crippen molar-refractivity contribution in [2.75, 3.05) is 31.4 Å². The highest BCUT2D eigenvalue weighted by atomic mass is 35.5. The van der Waals surface area contributed by atoms with E-state index in [4.69, 9.17) is 11.6 Å². The first-order valence-electron chi connectivity index (χ1n) is 6.09. The van der Waals surface area contributed by atoms with E-state index in [1.54, 1.807) is 25.4 Å². The van der Waals surface area contributed by atoms with Crippen molar-refractivity contribution in [2.24, 2.45) is 0 Å². The quantitative estimate of drug-likeness (QED) is 0.924. The number of pyridine rings is 1. The second-order valence-electron chi connectivity index (χ2n) is 4.48. The molecule has 2 aromatic heterocycles. The summed E-state index contributed by atoms with van der Waals surface area (Å²) in [6.45, 7) is 0.237. The van der Waals surface area contributed by atoms with Crippen LogP contribution < -0.4 is 15.8 Å². The zero-order valence-corrected chi connectivity index (χ0v) is 12.3. The first-order valence-corrected chi connectivity index (χ1v) is 6.46. The molecule has 0 saturated heterocycles. The molecule has 0 atom stereocenters. The van der Waals surface area contributed by atoms with Crippen molar-refractivity contribution in [3.63, 3.8) is 0 Å². The van der Waals surface area contributed by atoms with Gasteiger partial charge in [0.15, 0.2) is 0 Å². The van der Waals surface area contributed by atoms with E-state index in [0.29, 0.717) is 16.5 Å². The molecule has 0 amide bonds. The molecule has 0 radical (unpaired) electrons. The van der Waals surface area contributed by atoms with E-state index in [1.807, 2.05) is 19.0 Å². The van der Waals surface area contributed by atoms with Gasteiger partial charge < -0.3 is 10.2 Å². The van der Waals surface area contributed by atoms with Gasteiger partial charge in [-0.3, -0.25) is 4.79 Å². The van der Waals surface area contributed by atoms with E-state index < -0.39 is 0 Å². The zero-order valence-electron chi connectivity index (χ0n) is 11.6. The van der Waals surface area contributed by atoms with Gasteiger partial charge in [0, 0.05) is 27.2 Å². The smallest absolute Gasteiger partial charge is 0.269 e. The summed E-state index contributed by atoms with van der Waals surface area (Å²) in [4.78, 5) is 18.2. The van der Waals surface area contributed by atoms with Crippen LogP contribution >= 0.6 is 11.6 Å². The topological polar surface area (TPSA) is 63.1 Å². The van der Waals surface area contributed by atoms with Crippen LogP contribution in [0.4, 0.5) is 11.5 Å². The van der Waals surface area contributed by atoms with Crippen molar-refractivity contribution in [2.45, 2.75) is 6.54 Å². The van der Waals surface area contributed by atoms with Gasteiger partial charge in [0.05, 0.1) is 29.1 Å². The fourth-order valence-corrected chi connectivity index (χ4v) is 1.83. The van der Waals surface area contributed by atoms with E-state index in [2.05, 4.69) is 15.4 Å². The van der Waals surface area contributed by atoms with Crippen molar-refractivity contribution < 1.29 is 0 Å². The van der Waals surface area contributed by atoms with Gasteiger partial charge in [-0.2, -0.15) is 5.10 Å². The number of hydrogen-bond donors (Lipinski definition) is 1. The first-order chi connectivity index (χ1) is 9.51. The van der Waals surface area contributed by atoms with Gasteiger partial charge in [-0.25, -0.2) is 9.67 Å². The Bertz CT molecular complexity index is 668. The third-order valence-corrected chi connectivity index (χ3v) is 3.19. The standard InChI is InChI=1S/C13H16ClN5O/c1-15-12-5-4-10(14)11(17-12)8-19-13(20)6-9(7-16-19)18(2)3/h4-7H,8H2,1-3H3,(H,15,17). The Kier molecular flexibility index (Phi) is 4.24. The number of hydrogen-bond acceptors (Lipinski definition) is 5. The van der Waals surface area contributed by atoms with Gasteiger partial charge >= 0.3 is 0 Å². The van der Waals surface area contributed by atoms with Crippen LogP contribution in [0.1, 0.15) is 5.69 Å². The molecule has 7 heteroatoms. The van der Waals surface area contributed by atoms with Gasteiger partial charge in [-0.1, -0.05) is 11.6 Å².